The Labute approximate surface area is 189 Å². The Morgan fingerprint density at radius 2 is 2.03 bits per heavy atom. The van der Waals surface area contributed by atoms with Gasteiger partial charge in [-0.1, -0.05) is 31.9 Å². The molecule has 3 aliphatic rings. The van der Waals surface area contributed by atoms with E-state index in [0.717, 1.165) is 38.5 Å². The van der Waals surface area contributed by atoms with E-state index in [0.29, 0.717) is 30.8 Å². The van der Waals surface area contributed by atoms with Crippen LogP contribution in [-0.2, 0) is 0 Å². The van der Waals surface area contributed by atoms with Crippen LogP contribution in [0.2, 0.25) is 5.02 Å². The highest BCUT2D eigenvalue weighted by atomic mass is 35.5. The van der Waals surface area contributed by atoms with Crippen LogP contribution in [0.5, 0.6) is 5.75 Å². The maximum Gasteiger partial charge on any atom is 0.256 e. The van der Waals surface area contributed by atoms with E-state index in [1.807, 2.05) is 0 Å². The lowest BCUT2D eigenvalue weighted by molar-refractivity contribution is -0.0366. The van der Waals surface area contributed by atoms with Crippen LogP contribution < -0.4 is 4.74 Å². The van der Waals surface area contributed by atoms with Crippen molar-refractivity contribution in [1.29, 1.82) is 5.26 Å². The first-order valence-electron chi connectivity index (χ1n) is 11.7. The Balaban J connectivity index is 1.55. The summed E-state index contributed by atoms with van der Waals surface area (Å²) >= 11 is 6.41. The number of hydrogen-bond donors (Lipinski definition) is 0. The van der Waals surface area contributed by atoms with Crippen molar-refractivity contribution in [2.45, 2.75) is 58.8 Å². The number of likely N-dealkylation sites (tertiary alicyclic amines) is 1. The molecule has 1 heterocycles. The highest BCUT2D eigenvalue weighted by molar-refractivity contribution is 6.32. The molecule has 168 valence electrons. The van der Waals surface area contributed by atoms with Crippen LogP contribution in [0.3, 0.4) is 0 Å². The van der Waals surface area contributed by atoms with Gasteiger partial charge in [-0.15, -0.1) is 0 Å². The molecule has 1 aromatic rings. The van der Waals surface area contributed by atoms with Crippen molar-refractivity contribution in [3.8, 4) is 11.8 Å². The molecule has 1 aliphatic heterocycles. The minimum atomic E-state index is -0.621. The number of amides is 1. The average Bonchev–Trinajstić information content (AvgIpc) is 3.29. The van der Waals surface area contributed by atoms with Crippen molar-refractivity contribution in [1.82, 2.24) is 4.90 Å². The summed E-state index contributed by atoms with van der Waals surface area (Å²) in [5, 5.41) is 10.5. The van der Waals surface area contributed by atoms with E-state index in [9.17, 15) is 14.4 Å². The van der Waals surface area contributed by atoms with E-state index in [2.05, 4.69) is 19.9 Å². The third-order valence-corrected chi connectivity index (χ3v) is 8.22. The smallest absolute Gasteiger partial charge is 0.256 e. The molecule has 0 aromatic heterocycles. The van der Waals surface area contributed by atoms with Crippen LogP contribution in [0.1, 0.15) is 69.2 Å². The van der Waals surface area contributed by atoms with Crippen LogP contribution >= 0.6 is 11.6 Å². The number of benzene rings is 1. The van der Waals surface area contributed by atoms with Crippen LogP contribution in [0.15, 0.2) is 12.1 Å². The second-order valence-electron chi connectivity index (χ2n) is 9.92. The lowest BCUT2D eigenvalue weighted by Gasteiger charge is -2.51. The number of fused-ring (bicyclic) bond motifs is 2. The fourth-order valence-corrected chi connectivity index (χ4v) is 6.60. The number of carbonyl (C=O) groups is 1. The van der Waals surface area contributed by atoms with E-state index < -0.39 is 11.2 Å². The second kappa shape index (κ2) is 8.98. The molecule has 2 aliphatic carbocycles. The molecule has 5 atom stereocenters. The summed E-state index contributed by atoms with van der Waals surface area (Å²) in [6, 6.07) is 5.24. The molecule has 0 spiro atoms. The van der Waals surface area contributed by atoms with Gasteiger partial charge in [0.25, 0.3) is 5.91 Å². The van der Waals surface area contributed by atoms with Gasteiger partial charge in [0.2, 0.25) is 0 Å². The first-order chi connectivity index (χ1) is 14.9. The van der Waals surface area contributed by atoms with Gasteiger partial charge in [0.15, 0.2) is 0 Å². The SMILES string of the molecule is CCC1CC2CC(C)CC(C2)C1(C#N)COc1cc(F)c(C(=O)N2CCCC2)cc1Cl. The maximum absolute atomic E-state index is 14.8. The van der Waals surface area contributed by atoms with Gasteiger partial charge in [-0.2, -0.15) is 5.26 Å². The lowest BCUT2D eigenvalue weighted by atomic mass is 9.52. The Kier molecular flexibility index (Phi) is 6.49. The topological polar surface area (TPSA) is 53.3 Å². The van der Waals surface area contributed by atoms with Gasteiger partial charge in [0, 0.05) is 19.2 Å². The van der Waals surface area contributed by atoms with E-state index in [4.69, 9.17) is 16.3 Å². The van der Waals surface area contributed by atoms with Gasteiger partial charge in [0.1, 0.15) is 18.2 Å². The molecule has 2 saturated carbocycles. The molecule has 1 aromatic carbocycles. The van der Waals surface area contributed by atoms with Crippen molar-refractivity contribution in [3.05, 3.63) is 28.5 Å². The fraction of sp³-hybridized carbons (Fsp3) is 0.680. The summed E-state index contributed by atoms with van der Waals surface area (Å²) in [6.07, 6.45) is 7.23. The number of nitrogens with zero attached hydrogens (tertiary/aromatic N) is 2. The fourth-order valence-electron chi connectivity index (χ4n) is 6.38. The molecule has 1 amide bonds. The zero-order valence-corrected chi connectivity index (χ0v) is 19.3. The van der Waals surface area contributed by atoms with Gasteiger partial charge in [0.05, 0.1) is 22.1 Å². The molecule has 1 saturated heterocycles. The van der Waals surface area contributed by atoms with Crippen molar-refractivity contribution < 1.29 is 13.9 Å². The Bertz CT molecular complexity index is 877. The van der Waals surface area contributed by atoms with Crippen molar-refractivity contribution >= 4 is 17.5 Å². The molecule has 0 radical (unpaired) electrons. The predicted octanol–water partition coefficient (Wildman–Crippen LogP) is 6.09. The van der Waals surface area contributed by atoms with Crippen LogP contribution in [0.4, 0.5) is 4.39 Å². The minimum Gasteiger partial charge on any atom is -0.490 e. The maximum atomic E-state index is 14.8. The molecular formula is C25H32ClFN2O2. The molecule has 4 nitrogen and oxygen atoms in total. The monoisotopic (exact) mass is 446 g/mol. The van der Waals surface area contributed by atoms with Crippen LogP contribution in [0, 0.1) is 46.2 Å². The summed E-state index contributed by atoms with van der Waals surface area (Å²) in [4.78, 5) is 14.3. The molecule has 5 unspecified atom stereocenters. The molecule has 4 rings (SSSR count). The molecule has 3 fully saturated rings. The quantitative estimate of drug-likeness (QED) is 0.550. The normalized spacial score (nSPS) is 32.5. The number of ether oxygens (including phenoxy) is 1. The summed E-state index contributed by atoms with van der Waals surface area (Å²) in [5.41, 5.74) is -0.591. The predicted molar refractivity (Wildman–Crippen MR) is 118 cm³/mol. The van der Waals surface area contributed by atoms with Crippen molar-refractivity contribution in [2.75, 3.05) is 19.7 Å². The van der Waals surface area contributed by atoms with Crippen molar-refractivity contribution in [3.63, 3.8) is 0 Å². The first kappa shape index (κ1) is 22.4. The Morgan fingerprint density at radius 1 is 1.29 bits per heavy atom. The largest absolute Gasteiger partial charge is 0.490 e. The molecular weight excluding hydrogens is 415 g/mol. The summed E-state index contributed by atoms with van der Waals surface area (Å²) in [6.45, 7) is 5.93. The van der Waals surface area contributed by atoms with Gasteiger partial charge in [-0.05, 0) is 68.3 Å². The van der Waals surface area contributed by atoms with Gasteiger partial charge >= 0.3 is 0 Å². The number of halogens is 2. The van der Waals surface area contributed by atoms with Gasteiger partial charge in [-0.3, -0.25) is 4.79 Å². The third-order valence-electron chi connectivity index (χ3n) is 7.93. The third kappa shape index (κ3) is 4.16. The minimum absolute atomic E-state index is 0.0118. The molecule has 0 N–H and O–H groups in total. The number of rotatable bonds is 5. The zero-order chi connectivity index (χ0) is 22.2. The van der Waals surface area contributed by atoms with Crippen molar-refractivity contribution in [2.24, 2.45) is 29.1 Å². The van der Waals surface area contributed by atoms with E-state index in [1.54, 1.807) is 4.90 Å². The standard InChI is InChI=1S/C25H32ClFN2O2/c1-3-18-10-17-8-16(2)9-19(11-17)25(18,14-28)15-31-23-13-22(27)20(12-21(23)26)24(30)29-6-4-5-7-29/h12-13,16-19H,3-11,15H2,1-2H3. The average molecular weight is 447 g/mol. The van der Waals surface area contributed by atoms with Gasteiger partial charge < -0.3 is 9.64 Å². The number of hydrogen-bond acceptors (Lipinski definition) is 3. The highest BCUT2D eigenvalue weighted by Crippen LogP contribution is 2.55. The highest BCUT2D eigenvalue weighted by Gasteiger charge is 2.52. The van der Waals surface area contributed by atoms with E-state index in [1.165, 1.54) is 18.6 Å². The summed E-state index contributed by atoms with van der Waals surface area (Å²) < 4.78 is 20.9. The number of nitriles is 1. The summed E-state index contributed by atoms with van der Waals surface area (Å²) in [7, 11) is 0. The van der Waals surface area contributed by atoms with E-state index >= 15 is 0 Å². The second-order valence-corrected chi connectivity index (χ2v) is 10.3. The lowest BCUT2D eigenvalue weighted by Crippen LogP contribution is -2.49. The van der Waals surface area contributed by atoms with Gasteiger partial charge in [-0.25, -0.2) is 4.39 Å². The molecule has 31 heavy (non-hydrogen) atoms. The Morgan fingerprint density at radius 3 is 2.71 bits per heavy atom. The van der Waals surface area contributed by atoms with E-state index in [-0.39, 0.29) is 34.8 Å². The number of carbonyl (C=O) groups excluding carboxylic acids is 1. The zero-order valence-electron chi connectivity index (χ0n) is 18.5. The summed E-state index contributed by atoms with van der Waals surface area (Å²) in [5.74, 6) is 1.15. The molecule has 6 heteroatoms. The first-order valence-corrected chi connectivity index (χ1v) is 12.1. The van der Waals surface area contributed by atoms with Crippen LogP contribution in [0.25, 0.3) is 0 Å². The molecule has 2 bridgehead atoms. The van der Waals surface area contributed by atoms with Crippen LogP contribution in [-0.4, -0.2) is 30.5 Å². The Hall–Kier alpha value is -1.80.